The fraction of sp³-hybridized carbons (Fsp3) is 0.269. The minimum Gasteiger partial charge on any atom is -0.452 e. The van der Waals surface area contributed by atoms with Crippen LogP contribution in [0.3, 0.4) is 0 Å². The van der Waals surface area contributed by atoms with Crippen LogP contribution in [0.2, 0.25) is 0 Å². The summed E-state index contributed by atoms with van der Waals surface area (Å²) in [6.45, 7) is -0.210. The molecule has 182 valence electrons. The van der Waals surface area contributed by atoms with Crippen molar-refractivity contribution in [2.75, 3.05) is 6.61 Å². The number of aromatic nitrogens is 2. The van der Waals surface area contributed by atoms with E-state index in [-0.39, 0.29) is 5.75 Å². The van der Waals surface area contributed by atoms with E-state index in [0.717, 1.165) is 16.7 Å². The molecule has 0 bridgehead atoms. The highest BCUT2D eigenvalue weighted by Crippen LogP contribution is 2.35. The van der Waals surface area contributed by atoms with E-state index in [1.165, 1.54) is 0 Å². The maximum atomic E-state index is 10.9. The highest BCUT2D eigenvalue weighted by molar-refractivity contribution is 5.82. The molecule has 0 aliphatic carbocycles. The summed E-state index contributed by atoms with van der Waals surface area (Å²) in [4.78, 5) is 4.40. The van der Waals surface area contributed by atoms with Crippen molar-refractivity contribution >= 4 is 11.0 Å². The summed E-state index contributed by atoms with van der Waals surface area (Å²) in [5, 5.41) is 51.2. The van der Waals surface area contributed by atoms with Gasteiger partial charge < -0.3 is 39.6 Å². The smallest absolute Gasteiger partial charge is 0.288 e. The van der Waals surface area contributed by atoms with Crippen LogP contribution < -0.4 is 4.74 Å². The lowest BCUT2D eigenvalue weighted by Gasteiger charge is -2.45. The highest BCUT2D eigenvalue weighted by Gasteiger charge is 2.57. The molecule has 1 fully saturated rings. The molecule has 0 saturated carbocycles. The number of nitrogens with zero attached hydrogens (tertiary/aromatic N) is 2. The molecule has 5 N–H and O–H groups in total. The van der Waals surface area contributed by atoms with Gasteiger partial charge in [0, 0.05) is 6.54 Å². The monoisotopic (exact) mass is 478 g/mol. The van der Waals surface area contributed by atoms with Crippen LogP contribution in [0.1, 0.15) is 5.56 Å². The van der Waals surface area contributed by atoms with Gasteiger partial charge in [-0.05, 0) is 28.8 Å². The Morgan fingerprint density at radius 3 is 2.34 bits per heavy atom. The lowest BCUT2D eigenvalue weighted by Crippen LogP contribution is -2.69. The van der Waals surface area contributed by atoms with Gasteiger partial charge in [0.1, 0.15) is 23.5 Å². The van der Waals surface area contributed by atoms with Gasteiger partial charge in [-0.15, -0.1) is 0 Å². The molecule has 1 aromatic heterocycles. The van der Waals surface area contributed by atoms with E-state index in [9.17, 15) is 25.5 Å². The molecule has 5 rings (SSSR count). The van der Waals surface area contributed by atoms with Gasteiger partial charge >= 0.3 is 0 Å². The molecule has 4 aromatic rings. The minimum atomic E-state index is -2.67. The Kier molecular flexibility index (Phi) is 6.28. The van der Waals surface area contributed by atoms with Crippen LogP contribution in [0.15, 0.2) is 79.1 Å². The summed E-state index contributed by atoms with van der Waals surface area (Å²) in [6.07, 6.45) is -5.28. The van der Waals surface area contributed by atoms with Gasteiger partial charge in [-0.3, -0.25) is 0 Å². The zero-order valence-electron chi connectivity index (χ0n) is 18.7. The molecular weight excluding hydrogens is 452 g/mol. The molecule has 2 heterocycles. The van der Waals surface area contributed by atoms with Crippen LogP contribution in [-0.4, -0.2) is 72.1 Å². The van der Waals surface area contributed by atoms with Gasteiger partial charge in [-0.2, -0.15) is 0 Å². The number of rotatable bonds is 6. The summed E-state index contributed by atoms with van der Waals surface area (Å²) < 4.78 is 12.6. The Bertz CT molecular complexity index is 1290. The molecule has 0 radical (unpaired) electrons. The summed E-state index contributed by atoms with van der Waals surface area (Å²) in [7, 11) is 0. The number of benzene rings is 3. The van der Waals surface area contributed by atoms with Gasteiger partial charge in [-0.25, -0.2) is 4.98 Å². The van der Waals surface area contributed by atoms with Crippen molar-refractivity contribution < 1.29 is 35.0 Å². The van der Waals surface area contributed by atoms with Crippen LogP contribution >= 0.6 is 0 Å². The van der Waals surface area contributed by atoms with E-state index in [1.54, 1.807) is 24.5 Å². The predicted octanol–water partition coefficient (Wildman–Crippen LogP) is 1.25. The lowest BCUT2D eigenvalue weighted by molar-refractivity contribution is -0.385. The largest absolute Gasteiger partial charge is 0.452 e. The highest BCUT2D eigenvalue weighted by atomic mass is 16.7. The van der Waals surface area contributed by atoms with Crippen LogP contribution in [0.5, 0.6) is 5.75 Å². The van der Waals surface area contributed by atoms with Crippen molar-refractivity contribution in [3.63, 3.8) is 0 Å². The molecule has 5 atom stereocenters. The van der Waals surface area contributed by atoms with Gasteiger partial charge in [0.15, 0.2) is 6.10 Å². The number of ether oxygens (including phenoxy) is 2. The maximum absolute atomic E-state index is 10.9. The Morgan fingerprint density at radius 2 is 1.63 bits per heavy atom. The standard InChI is InChI=1S/C26H26N2O7/c29-14-21-23(30)24(31)26(33,25(32)34-21)35-20-8-4-7-19-22(20)28(15-27-19)13-16-9-11-18(12-10-16)17-5-2-1-3-6-17/h1-12,15,21,23-25,29-33H,13-14H2/t21-,23-,24+,25?,26+/m1/s1. The lowest BCUT2D eigenvalue weighted by atomic mass is 9.96. The average molecular weight is 479 g/mol. The third kappa shape index (κ3) is 4.30. The molecule has 1 saturated heterocycles. The number of aliphatic hydroxyl groups is 5. The summed E-state index contributed by atoms with van der Waals surface area (Å²) >= 11 is 0. The Labute approximate surface area is 201 Å². The van der Waals surface area contributed by atoms with Crippen molar-refractivity contribution in [2.45, 2.75) is 36.9 Å². The van der Waals surface area contributed by atoms with Gasteiger partial charge in [0.05, 0.1) is 18.5 Å². The fourth-order valence-corrected chi connectivity index (χ4v) is 4.30. The first-order valence-corrected chi connectivity index (χ1v) is 11.2. The quantitative estimate of drug-likeness (QED) is 0.261. The molecule has 9 heteroatoms. The second-order valence-electron chi connectivity index (χ2n) is 8.56. The molecule has 1 aliphatic rings. The second kappa shape index (κ2) is 9.38. The number of imidazole rings is 1. The topological polar surface area (TPSA) is 137 Å². The first-order valence-electron chi connectivity index (χ1n) is 11.2. The zero-order chi connectivity index (χ0) is 24.6. The number of hydrogen-bond donors (Lipinski definition) is 5. The SMILES string of the molecule is OC[C@H]1OC(O)[C@@](O)(Oc2cccc3ncn(Cc4ccc(-c5ccccc5)cc4)c23)[C@@H](O)[C@@H]1O. The van der Waals surface area contributed by atoms with Crippen LogP contribution in [0.4, 0.5) is 0 Å². The average Bonchev–Trinajstić information content (AvgIpc) is 3.30. The molecule has 0 amide bonds. The first-order chi connectivity index (χ1) is 16.9. The molecule has 1 aliphatic heterocycles. The third-order valence-electron chi connectivity index (χ3n) is 6.25. The van der Waals surface area contributed by atoms with Crippen LogP contribution in [0.25, 0.3) is 22.2 Å². The van der Waals surface area contributed by atoms with Crippen LogP contribution in [0, 0.1) is 0 Å². The van der Waals surface area contributed by atoms with E-state index in [0.29, 0.717) is 17.6 Å². The zero-order valence-corrected chi connectivity index (χ0v) is 18.7. The van der Waals surface area contributed by atoms with Crippen molar-refractivity contribution in [2.24, 2.45) is 0 Å². The summed E-state index contributed by atoms with van der Waals surface area (Å²) in [5.41, 5.74) is 4.30. The van der Waals surface area contributed by atoms with Crippen molar-refractivity contribution in [1.82, 2.24) is 9.55 Å². The molecule has 0 spiro atoms. The normalized spacial score (nSPS) is 26.7. The van der Waals surface area contributed by atoms with E-state index < -0.39 is 37.0 Å². The molecule has 35 heavy (non-hydrogen) atoms. The van der Waals surface area contributed by atoms with Crippen molar-refractivity contribution in [3.8, 4) is 16.9 Å². The summed E-state index contributed by atoms with van der Waals surface area (Å²) in [6, 6.07) is 23.1. The summed E-state index contributed by atoms with van der Waals surface area (Å²) in [5.74, 6) is -2.55. The second-order valence-corrected chi connectivity index (χ2v) is 8.56. The maximum Gasteiger partial charge on any atom is 0.288 e. The number of fused-ring (bicyclic) bond motifs is 1. The van der Waals surface area contributed by atoms with Gasteiger partial charge in [-0.1, -0.05) is 60.7 Å². The molecule has 9 nitrogen and oxygen atoms in total. The van der Waals surface area contributed by atoms with E-state index in [4.69, 9.17) is 9.47 Å². The molecular formula is C26H26N2O7. The fourth-order valence-electron chi connectivity index (χ4n) is 4.30. The molecule has 1 unspecified atom stereocenters. The predicted molar refractivity (Wildman–Crippen MR) is 126 cm³/mol. The third-order valence-corrected chi connectivity index (χ3v) is 6.25. The number of hydrogen-bond acceptors (Lipinski definition) is 8. The van der Waals surface area contributed by atoms with Gasteiger partial charge in [0.25, 0.3) is 5.79 Å². The Balaban J connectivity index is 1.43. The minimum absolute atomic E-state index is 0.125. The van der Waals surface area contributed by atoms with E-state index >= 15 is 0 Å². The molecule has 3 aromatic carbocycles. The van der Waals surface area contributed by atoms with Gasteiger partial charge in [0.2, 0.25) is 6.29 Å². The first kappa shape index (κ1) is 23.4. The van der Waals surface area contributed by atoms with Crippen molar-refractivity contribution in [3.05, 3.63) is 84.7 Å². The van der Waals surface area contributed by atoms with Crippen LogP contribution in [-0.2, 0) is 11.3 Å². The van der Waals surface area contributed by atoms with Crippen molar-refractivity contribution in [1.29, 1.82) is 0 Å². The van der Waals surface area contributed by atoms with E-state index in [2.05, 4.69) is 4.98 Å². The number of para-hydroxylation sites is 1. The Hall–Kier alpha value is -3.31. The number of aliphatic hydroxyl groups excluding tert-OH is 4. The Morgan fingerprint density at radius 1 is 0.914 bits per heavy atom. The van der Waals surface area contributed by atoms with E-state index in [1.807, 2.05) is 59.2 Å².